The molecule has 0 aromatic rings. The smallest absolute Gasteiger partial charge is 0.192 e. The molecule has 0 aromatic heterocycles. The average Bonchev–Trinajstić information content (AvgIpc) is 2.46. The minimum Gasteiger partial charge on any atom is -0.415 e. The zero-order valence-electron chi connectivity index (χ0n) is 18.7. The van der Waals surface area contributed by atoms with Gasteiger partial charge in [-0.1, -0.05) is 48.5 Å². The fraction of sp³-hybridized carbons (Fsp3) is 1.00. The maximum Gasteiger partial charge on any atom is 0.192 e. The van der Waals surface area contributed by atoms with Crippen LogP contribution in [0.25, 0.3) is 0 Å². The highest BCUT2D eigenvalue weighted by molar-refractivity contribution is 6.74. The van der Waals surface area contributed by atoms with Gasteiger partial charge in [-0.2, -0.15) is 0 Å². The van der Waals surface area contributed by atoms with Crippen LogP contribution >= 0.6 is 0 Å². The normalized spacial score (nSPS) is 17.0. The maximum atomic E-state index is 10.4. The molecule has 0 bridgehead atoms. The van der Waals surface area contributed by atoms with Gasteiger partial charge in [0.2, 0.25) is 0 Å². The predicted molar refractivity (Wildman–Crippen MR) is 114 cm³/mol. The summed E-state index contributed by atoms with van der Waals surface area (Å²) in [7, 11) is -1.77. The molecule has 0 rings (SSSR count). The van der Waals surface area contributed by atoms with Crippen molar-refractivity contribution in [2.75, 3.05) is 13.2 Å². The molecule has 0 heterocycles. The summed E-state index contributed by atoms with van der Waals surface area (Å²) in [6.07, 6.45) is 1.67. The van der Waals surface area contributed by atoms with Crippen molar-refractivity contribution >= 4 is 8.32 Å². The molecule has 4 N–H and O–H groups in total. The second-order valence-electron chi connectivity index (χ2n) is 9.67. The minimum absolute atomic E-state index is 0.00789. The first-order valence-corrected chi connectivity index (χ1v) is 13.2. The Morgan fingerprint density at radius 3 is 1.88 bits per heavy atom. The molecule has 6 heteroatoms. The van der Waals surface area contributed by atoms with Crippen molar-refractivity contribution in [3.63, 3.8) is 0 Å². The molecule has 5 nitrogen and oxygen atoms in total. The van der Waals surface area contributed by atoms with E-state index in [1.165, 1.54) is 0 Å². The van der Waals surface area contributed by atoms with Gasteiger partial charge in [0.15, 0.2) is 8.32 Å². The zero-order chi connectivity index (χ0) is 20.5. The molecule has 0 fully saturated rings. The first kappa shape index (κ1) is 26.0. The molecule has 0 saturated carbocycles. The Hall–Kier alpha value is 0.0169. The van der Waals surface area contributed by atoms with Crippen LogP contribution in [-0.4, -0.2) is 62.0 Å². The van der Waals surface area contributed by atoms with Crippen LogP contribution in [0.4, 0.5) is 0 Å². The number of nitrogens with one attached hydrogen (secondary N) is 2. The summed E-state index contributed by atoms with van der Waals surface area (Å²) in [5.41, 5.74) is 0. The number of hydrogen-bond acceptors (Lipinski definition) is 5. The Balaban J connectivity index is 4.86. The molecular formula is C20H46N2O3Si. The van der Waals surface area contributed by atoms with Crippen molar-refractivity contribution in [3.8, 4) is 0 Å². The number of rotatable bonds is 13. The lowest BCUT2D eigenvalue weighted by molar-refractivity contribution is 0.0850. The molecule has 0 amide bonds. The summed E-state index contributed by atoms with van der Waals surface area (Å²) in [6.45, 7) is 20.6. The first-order chi connectivity index (χ1) is 11.8. The van der Waals surface area contributed by atoms with Gasteiger partial charge in [-0.15, -0.1) is 0 Å². The van der Waals surface area contributed by atoms with E-state index in [-0.39, 0.29) is 23.7 Å². The van der Waals surface area contributed by atoms with E-state index in [4.69, 9.17) is 9.53 Å². The van der Waals surface area contributed by atoms with E-state index >= 15 is 0 Å². The lowest BCUT2D eigenvalue weighted by Gasteiger charge is -2.38. The second-order valence-corrected chi connectivity index (χ2v) is 14.5. The molecule has 26 heavy (non-hydrogen) atoms. The zero-order valence-corrected chi connectivity index (χ0v) is 19.7. The molecule has 158 valence electrons. The highest BCUT2D eigenvalue weighted by Gasteiger charge is 2.37. The summed E-state index contributed by atoms with van der Waals surface area (Å²) in [6, 6.07) is 0.948. The van der Waals surface area contributed by atoms with E-state index in [1.54, 1.807) is 0 Å². The molecule has 0 spiro atoms. The van der Waals surface area contributed by atoms with Crippen molar-refractivity contribution in [1.29, 1.82) is 0 Å². The van der Waals surface area contributed by atoms with Crippen LogP contribution in [0.2, 0.25) is 18.1 Å². The second kappa shape index (κ2) is 11.8. The Bertz CT molecular complexity index is 371. The van der Waals surface area contributed by atoms with Gasteiger partial charge >= 0.3 is 0 Å². The number of aliphatic hydroxyl groups excluding tert-OH is 2. The van der Waals surface area contributed by atoms with Gasteiger partial charge in [-0.3, -0.25) is 0 Å². The number of aliphatic hydroxyl groups is 2. The maximum absolute atomic E-state index is 10.4. The lowest BCUT2D eigenvalue weighted by Crippen LogP contribution is -2.48. The summed E-state index contributed by atoms with van der Waals surface area (Å²) < 4.78 is 6.43. The molecule has 0 radical (unpaired) electrons. The fourth-order valence-corrected chi connectivity index (χ4v) is 3.79. The average molecular weight is 391 g/mol. The van der Waals surface area contributed by atoms with Crippen molar-refractivity contribution < 1.29 is 14.6 Å². The van der Waals surface area contributed by atoms with Crippen molar-refractivity contribution in [1.82, 2.24) is 10.6 Å². The largest absolute Gasteiger partial charge is 0.415 e. The minimum atomic E-state index is -1.77. The third kappa shape index (κ3) is 10.4. The summed E-state index contributed by atoms with van der Waals surface area (Å²) >= 11 is 0. The molecule has 3 unspecified atom stereocenters. The molecule has 0 aliphatic heterocycles. The van der Waals surface area contributed by atoms with E-state index in [0.29, 0.717) is 25.1 Å². The van der Waals surface area contributed by atoms with E-state index in [0.717, 1.165) is 12.8 Å². The lowest BCUT2D eigenvalue weighted by atomic mass is 9.99. The Morgan fingerprint density at radius 1 is 0.923 bits per heavy atom. The highest BCUT2D eigenvalue weighted by atomic mass is 28.4. The number of hydrogen-bond donors (Lipinski definition) is 4. The molecule has 0 aliphatic carbocycles. The molecular weight excluding hydrogens is 344 g/mol. The van der Waals surface area contributed by atoms with Gasteiger partial charge in [0.25, 0.3) is 0 Å². The summed E-state index contributed by atoms with van der Waals surface area (Å²) in [4.78, 5) is 0. The van der Waals surface area contributed by atoms with Gasteiger partial charge in [0.1, 0.15) is 0 Å². The van der Waals surface area contributed by atoms with Gasteiger partial charge < -0.3 is 25.3 Å². The quantitative estimate of drug-likeness (QED) is 0.363. The van der Waals surface area contributed by atoms with Gasteiger partial charge in [0, 0.05) is 37.4 Å². The molecule has 3 atom stereocenters. The Kier molecular flexibility index (Phi) is 11.8. The standard InChI is InChI=1S/C20H46N2O3Si/c1-15(2)21-17(14-25-26(8,9)20(5,6)7)10-11-18(22-16(3)4)19(24)12-13-23/h15-19,21-24H,10-14H2,1-9H3. The monoisotopic (exact) mass is 390 g/mol. The van der Waals surface area contributed by atoms with Crippen LogP contribution in [0.5, 0.6) is 0 Å². The van der Waals surface area contributed by atoms with Gasteiger partial charge in [-0.25, -0.2) is 0 Å². The van der Waals surface area contributed by atoms with Crippen LogP contribution in [0.3, 0.4) is 0 Å². The van der Waals surface area contributed by atoms with Gasteiger partial charge in [0.05, 0.1) is 6.10 Å². The van der Waals surface area contributed by atoms with Crippen LogP contribution in [-0.2, 0) is 4.43 Å². The van der Waals surface area contributed by atoms with Crippen molar-refractivity contribution in [2.45, 2.75) is 116 Å². The van der Waals surface area contributed by atoms with Crippen LogP contribution in [0, 0.1) is 0 Å². The van der Waals surface area contributed by atoms with E-state index in [1.807, 2.05) is 0 Å². The van der Waals surface area contributed by atoms with Crippen molar-refractivity contribution in [2.24, 2.45) is 0 Å². The van der Waals surface area contributed by atoms with Crippen LogP contribution < -0.4 is 10.6 Å². The van der Waals surface area contributed by atoms with Crippen LogP contribution in [0.1, 0.15) is 67.7 Å². The third-order valence-electron chi connectivity index (χ3n) is 5.28. The first-order valence-electron chi connectivity index (χ1n) is 10.2. The topological polar surface area (TPSA) is 73.8 Å². The summed E-state index contributed by atoms with van der Waals surface area (Å²) in [5.74, 6) is 0. The van der Waals surface area contributed by atoms with Gasteiger partial charge in [-0.05, 0) is 37.4 Å². The Morgan fingerprint density at radius 2 is 1.46 bits per heavy atom. The molecule has 0 aliphatic rings. The van der Waals surface area contributed by atoms with E-state index in [9.17, 15) is 5.11 Å². The fourth-order valence-electron chi connectivity index (χ4n) is 2.74. The highest BCUT2D eigenvalue weighted by Crippen LogP contribution is 2.36. The van der Waals surface area contributed by atoms with E-state index < -0.39 is 14.4 Å². The molecule has 0 aromatic carbocycles. The van der Waals surface area contributed by atoms with Crippen LogP contribution in [0.15, 0.2) is 0 Å². The third-order valence-corrected chi connectivity index (χ3v) is 9.78. The van der Waals surface area contributed by atoms with Crippen molar-refractivity contribution in [3.05, 3.63) is 0 Å². The molecule has 0 saturated heterocycles. The van der Waals surface area contributed by atoms with E-state index in [2.05, 4.69) is 72.2 Å². The predicted octanol–water partition coefficient (Wildman–Crippen LogP) is 3.26. The Labute approximate surface area is 163 Å². The SMILES string of the molecule is CC(C)NC(CCC(NC(C)C)C(O)CCO)CO[Si](C)(C)C(C)(C)C. The summed E-state index contributed by atoms with van der Waals surface area (Å²) in [5, 5.41) is 26.8.